The third-order valence-electron chi connectivity index (χ3n) is 3.83. The van der Waals surface area contributed by atoms with Crippen LogP contribution in [0, 0.1) is 5.92 Å². The molecule has 0 bridgehead atoms. The van der Waals surface area contributed by atoms with E-state index in [0.717, 1.165) is 51.3 Å². The molecule has 2 fully saturated rings. The fraction of sp³-hybridized carbons (Fsp3) is 0.923. The van der Waals surface area contributed by atoms with Gasteiger partial charge in [0.1, 0.15) is 0 Å². The number of urea groups is 1. The van der Waals surface area contributed by atoms with Crippen LogP contribution in [0.3, 0.4) is 0 Å². The SMILES string of the molecule is CC1CCN(C(=O)NCC2CCCCO2)CC1. The van der Waals surface area contributed by atoms with Crippen molar-refractivity contribution in [2.24, 2.45) is 5.92 Å². The van der Waals surface area contributed by atoms with E-state index in [1.54, 1.807) is 0 Å². The second-order valence-corrected chi connectivity index (χ2v) is 5.34. The molecule has 2 aliphatic heterocycles. The van der Waals surface area contributed by atoms with E-state index in [1.807, 2.05) is 4.90 Å². The third-order valence-corrected chi connectivity index (χ3v) is 3.83. The average molecular weight is 240 g/mol. The van der Waals surface area contributed by atoms with Crippen molar-refractivity contribution < 1.29 is 9.53 Å². The van der Waals surface area contributed by atoms with E-state index < -0.39 is 0 Å². The van der Waals surface area contributed by atoms with E-state index in [2.05, 4.69) is 12.2 Å². The molecule has 2 heterocycles. The van der Waals surface area contributed by atoms with Crippen molar-refractivity contribution in [3.05, 3.63) is 0 Å². The van der Waals surface area contributed by atoms with Gasteiger partial charge in [-0.3, -0.25) is 0 Å². The zero-order valence-electron chi connectivity index (χ0n) is 10.8. The molecule has 2 rings (SSSR count). The largest absolute Gasteiger partial charge is 0.376 e. The summed E-state index contributed by atoms with van der Waals surface area (Å²) in [5.41, 5.74) is 0. The van der Waals surface area contributed by atoms with Crippen LogP contribution in [0.5, 0.6) is 0 Å². The van der Waals surface area contributed by atoms with Gasteiger partial charge < -0.3 is 15.0 Å². The number of nitrogens with one attached hydrogen (secondary N) is 1. The van der Waals surface area contributed by atoms with Crippen LogP contribution in [-0.4, -0.2) is 43.3 Å². The summed E-state index contributed by atoms with van der Waals surface area (Å²) in [6, 6.07) is 0.0890. The van der Waals surface area contributed by atoms with E-state index >= 15 is 0 Å². The number of hydrogen-bond acceptors (Lipinski definition) is 2. The summed E-state index contributed by atoms with van der Waals surface area (Å²) in [7, 11) is 0. The number of carbonyl (C=O) groups excluding carboxylic acids is 1. The fourth-order valence-corrected chi connectivity index (χ4v) is 2.49. The van der Waals surface area contributed by atoms with E-state index in [0.29, 0.717) is 6.54 Å². The summed E-state index contributed by atoms with van der Waals surface area (Å²) in [4.78, 5) is 13.8. The number of ether oxygens (including phenoxy) is 1. The van der Waals surface area contributed by atoms with Gasteiger partial charge in [-0.2, -0.15) is 0 Å². The van der Waals surface area contributed by atoms with Crippen molar-refractivity contribution in [2.45, 2.75) is 45.1 Å². The molecule has 0 saturated carbocycles. The van der Waals surface area contributed by atoms with Crippen molar-refractivity contribution in [3.63, 3.8) is 0 Å². The van der Waals surface area contributed by atoms with Gasteiger partial charge in [0.15, 0.2) is 0 Å². The van der Waals surface area contributed by atoms with Crippen LogP contribution in [0.1, 0.15) is 39.0 Å². The highest BCUT2D eigenvalue weighted by atomic mass is 16.5. The predicted molar refractivity (Wildman–Crippen MR) is 67.0 cm³/mol. The number of amides is 2. The minimum atomic E-state index is 0.0890. The lowest BCUT2D eigenvalue weighted by Gasteiger charge is -2.31. The monoisotopic (exact) mass is 240 g/mol. The van der Waals surface area contributed by atoms with E-state index in [1.165, 1.54) is 6.42 Å². The Morgan fingerprint density at radius 3 is 2.71 bits per heavy atom. The molecule has 4 heteroatoms. The molecule has 0 aromatic heterocycles. The molecule has 0 aromatic rings. The highest BCUT2D eigenvalue weighted by Gasteiger charge is 2.21. The lowest BCUT2D eigenvalue weighted by molar-refractivity contribution is 0.0175. The second-order valence-electron chi connectivity index (χ2n) is 5.34. The topological polar surface area (TPSA) is 41.6 Å². The molecule has 0 aliphatic carbocycles. The Kier molecular flexibility index (Phi) is 4.66. The first-order chi connectivity index (χ1) is 8.25. The molecule has 0 aromatic carbocycles. The minimum Gasteiger partial charge on any atom is -0.376 e. The number of nitrogens with zero attached hydrogens (tertiary/aromatic N) is 1. The average Bonchev–Trinajstić information content (AvgIpc) is 2.38. The molecule has 2 aliphatic rings. The van der Waals surface area contributed by atoms with Crippen LogP contribution in [0.25, 0.3) is 0 Å². The van der Waals surface area contributed by atoms with Crippen molar-refractivity contribution in [1.82, 2.24) is 10.2 Å². The van der Waals surface area contributed by atoms with Gasteiger partial charge in [0.2, 0.25) is 0 Å². The molecule has 17 heavy (non-hydrogen) atoms. The van der Waals surface area contributed by atoms with Gasteiger partial charge in [-0.25, -0.2) is 4.79 Å². The molecular formula is C13H24N2O2. The number of rotatable bonds is 2. The number of piperidine rings is 1. The first kappa shape index (κ1) is 12.7. The molecule has 0 radical (unpaired) electrons. The highest BCUT2D eigenvalue weighted by molar-refractivity contribution is 5.74. The van der Waals surface area contributed by atoms with Gasteiger partial charge in [0, 0.05) is 26.2 Å². The Balaban J connectivity index is 1.66. The predicted octanol–water partition coefficient (Wildman–Crippen LogP) is 2.00. The molecular weight excluding hydrogens is 216 g/mol. The fourth-order valence-electron chi connectivity index (χ4n) is 2.49. The van der Waals surface area contributed by atoms with Crippen molar-refractivity contribution >= 4 is 6.03 Å². The Morgan fingerprint density at radius 1 is 1.29 bits per heavy atom. The van der Waals surface area contributed by atoms with Gasteiger partial charge in [-0.1, -0.05) is 6.92 Å². The van der Waals surface area contributed by atoms with Gasteiger partial charge in [0.05, 0.1) is 6.10 Å². The number of likely N-dealkylation sites (tertiary alicyclic amines) is 1. The van der Waals surface area contributed by atoms with Gasteiger partial charge in [-0.15, -0.1) is 0 Å². The normalized spacial score (nSPS) is 26.9. The maximum Gasteiger partial charge on any atom is 0.317 e. The zero-order valence-corrected chi connectivity index (χ0v) is 10.8. The first-order valence-corrected chi connectivity index (χ1v) is 6.90. The highest BCUT2D eigenvalue weighted by Crippen LogP contribution is 2.16. The quantitative estimate of drug-likeness (QED) is 0.802. The molecule has 98 valence electrons. The van der Waals surface area contributed by atoms with Crippen molar-refractivity contribution in [2.75, 3.05) is 26.2 Å². The summed E-state index contributed by atoms with van der Waals surface area (Å²) in [6.45, 7) is 5.58. The smallest absolute Gasteiger partial charge is 0.317 e. The van der Waals surface area contributed by atoms with Gasteiger partial charge in [0.25, 0.3) is 0 Å². The number of hydrogen-bond donors (Lipinski definition) is 1. The summed E-state index contributed by atoms with van der Waals surface area (Å²) in [6.07, 6.45) is 5.96. The van der Waals surface area contributed by atoms with Crippen LogP contribution in [0.15, 0.2) is 0 Å². The molecule has 2 saturated heterocycles. The van der Waals surface area contributed by atoms with Crippen molar-refractivity contribution in [1.29, 1.82) is 0 Å². The maximum absolute atomic E-state index is 11.9. The Bertz CT molecular complexity index is 244. The van der Waals surface area contributed by atoms with Crippen LogP contribution in [0.2, 0.25) is 0 Å². The second kappa shape index (κ2) is 6.24. The Labute approximate surface area is 104 Å². The zero-order chi connectivity index (χ0) is 12.1. The van der Waals surface area contributed by atoms with Crippen LogP contribution < -0.4 is 5.32 Å². The molecule has 1 N–H and O–H groups in total. The lowest BCUT2D eigenvalue weighted by Crippen LogP contribution is -2.46. The molecule has 1 unspecified atom stereocenters. The van der Waals surface area contributed by atoms with Crippen LogP contribution in [0.4, 0.5) is 4.79 Å². The summed E-state index contributed by atoms with van der Waals surface area (Å²) in [5, 5.41) is 3.00. The summed E-state index contributed by atoms with van der Waals surface area (Å²) in [5.74, 6) is 0.765. The lowest BCUT2D eigenvalue weighted by atomic mass is 10.00. The molecule has 2 amide bonds. The summed E-state index contributed by atoms with van der Waals surface area (Å²) < 4.78 is 5.60. The van der Waals surface area contributed by atoms with Crippen LogP contribution in [-0.2, 0) is 4.74 Å². The molecule has 0 spiro atoms. The molecule has 1 atom stereocenters. The Morgan fingerprint density at radius 2 is 2.06 bits per heavy atom. The molecule has 4 nitrogen and oxygen atoms in total. The number of carbonyl (C=O) groups is 1. The van der Waals surface area contributed by atoms with E-state index in [4.69, 9.17) is 4.74 Å². The minimum absolute atomic E-state index is 0.0890. The first-order valence-electron chi connectivity index (χ1n) is 6.90. The van der Waals surface area contributed by atoms with Gasteiger partial charge >= 0.3 is 6.03 Å². The van der Waals surface area contributed by atoms with Crippen molar-refractivity contribution in [3.8, 4) is 0 Å². The Hall–Kier alpha value is -0.770. The van der Waals surface area contributed by atoms with Gasteiger partial charge in [-0.05, 0) is 38.0 Å². The van der Waals surface area contributed by atoms with E-state index in [-0.39, 0.29) is 12.1 Å². The maximum atomic E-state index is 11.9. The third kappa shape index (κ3) is 3.87. The van der Waals surface area contributed by atoms with Crippen LogP contribution >= 0.6 is 0 Å². The van der Waals surface area contributed by atoms with E-state index in [9.17, 15) is 4.79 Å². The summed E-state index contributed by atoms with van der Waals surface area (Å²) >= 11 is 0. The standard InChI is InChI=1S/C13H24N2O2/c1-11-5-7-15(8-6-11)13(16)14-10-12-4-2-3-9-17-12/h11-12H,2-10H2,1H3,(H,14,16).